The lowest BCUT2D eigenvalue weighted by molar-refractivity contribution is -0.0182. The maximum Gasteiger partial charge on any atom is 0.127 e. The molecule has 1 N–H and O–H groups in total. The topological polar surface area (TPSA) is 43.0 Å². The fraction of sp³-hybridized carbons (Fsp3) is 0.647. The van der Waals surface area contributed by atoms with Crippen LogP contribution in [-0.2, 0) is 17.7 Å². The summed E-state index contributed by atoms with van der Waals surface area (Å²) in [7, 11) is 3.85. The quantitative estimate of drug-likeness (QED) is 0.892. The summed E-state index contributed by atoms with van der Waals surface area (Å²) in [6.07, 6.45) is 1.46. The van der Waals surface area contributed by atoms with Crippen LogP contribution in [0.25, 0.3) is 0 Å². The molecule has 2 heterocycles. The number of methoxy groups -OCH3 is 1. The molecule has 122 valence electrons. The van der Waals surface area contributed by atoms with Gasteiger partial charge in [0.15, 0.2) is 0 Å². The highest BCUT2D eigenvalue weighted by Crippen LogP contribution is 2.36. The summed E-state index contributed by atoms with van der Waals surface area (Å²) in [4.78, 5) is 2.31. The van der Waals surface area contributed by atoms with E-state index < -0.39 is 0 Å². The molecule has 5 nitrogen and oxygen atoms in total. The van der Waals surface area contributed by atoms with Crippen LogP contribution < -0.4 is 14.8 Å². The summed E-state index contributed by atoms with van der Waals surface area (Å²) >= 11 is 0. The molecule has 1 saturated heterocycles. The van der Waals surface area contributed by atoms with Crippen molar-refractivity contribution in [2.75, 3.05) is 40.4 Å². The Morgan fingerprint density at radius 1 is 1.41 bits per heavy atom. The molecular formula is C17H26N2O3. The Bertz CT molecular complexity index is 521. The van der Waals surface area contributed by atoms with Gasteiger partial charge in [-0.2, -0.15) is 0 Å². The lowest BCUT2D eigenvalue weighted by atomic mass is 10.1. The molecule has 1 aromatic rings. The second kappa shape index (κ2) is 6.86. The number of hydrogen-bond donors (Lipinski definition) is 1. The third-order valence-electron chi connectivity index (χ3n) is 4.31. The number of rotatable bonds is 5. The number of hydrogen-bond acceptors (Lipinski definition) is 5. The Kier molecular flexibility index (Phi) is 4.86. The van der Waals surface area contributed by atoms with E-state index in [-0.39, 0.29) is 12.2 Å². The number of benzene rings is 1. The van der Waals surface area contributed by atoms with Crippen LogP contribution in [0.5, 0.6) is 11.5 Å². The molecule has 1 fully saturated rings. The van der Waals surface area contributed by atoms with Crippen LogP contribution in [0, 0.1) is 0 Å². The van der Waals surface area contributed by atoms with Crippen molar-refractivity contribution in [2.24, 2.45) is 0 Å². The van der Waals surface area contributed by atoms with Crippen LogP contribution in [0.15, 0.2) is 12.1 Å². The third kappa shape index (κ3) is 3.54. The number of fused-ring (bicyclic) bond motifs is 1. The molecule has 0 radical (unpaired) electrons. The van der Waals surface area contributed by atoms with Gasteiger partial charge in [0.25, 0.3) is 0 Å². The van der Waals surface area contributed by atoms with Crippen LogP contribution in [0.4, 0.5) is 0 Å². The van der Waals surface area contributed by atoms with Crippen molar-refractivity contribution in [3.63, 3.8) is 0 Å². The summed E-state index contributed by atoms with van der Waals surface area (Å²) in [5.41, 5.74) is 2.42. The lowest BCUT2D eigenvalue weighted by Crippen LogP contribution is -2.44. The summed E-state index contributed by atoms with van der Waals surface area (Å²) in [5, 5.41) is 3.50. The number of likely N-dealkylation sites (N-methyl/N-ethyl adjacent to an activating group) is 1. The largest absolute Gasteiger partial charge is 0.497 e. The highest BCUT2D eigenvalue weighted by molar-refractivity contribution is 5.49. The third-order valence-corrected chi connectivity index (χ3v) is 4.31. The van der Waals surface area contributed by atoms with E-state index >= 15 is 0 Å². The van der Waals surface area contributed by atoms with E-state index in [4.69, 9.17) is 14.2 Å². The van der Waals surface area contributed by atoms with E-state index in [9.17, 15) is 0 Å². The van der Waals surface area contributed by atoms with Gasteiger partial charge in [-0.3, -0.25) is 0 Å². The zero-order chi connectivity index (χ0) is 15.5. The molecule has 0 bridgehead atoms. The van der Waals surface area contributed by atoms with E-state index in [1.54, 1.807) is 7.11 Å². The van der Waals surface area contributed by atoms with Crippen molar-refractivity contribution in [3.8, 4) is 11.5 Å². The van der Waals surface area contributed by atoms with Crippen LogP contribution in [-0.4, -0.2) is 57.5 Å². The van der Waals surface area contributed by atoms with Crippen molar-refractivity contribution in [2.45, 2.75) is 32.1 Å². The second-order valence-electron chi connectivity index (χ2n) is 6.29. The Morgan fingerprint density at radius 3 is 3.05 bits per heavy atom. The van der Waals surface area contributed by atoms with Gasteiger partial charge in [-0.1, -0.05) is 0 Å². The first-order chi connectivity index (χ1) is 10.7. The fourth-order valence-electron chi connectivity index (χ4n) is 3.19. The molecule has 2 aliphatic heterocycles. The van der Waals surface area contributed by atoms with Crippen LogP contribution in [0.1, 0.15) is 18.1 Å². The summed E-state index contributed by atoms with van der Waals surface area (Å²) in [5.74, 6) is 1.93. The number of ether oxygens (including phenoxy) is 3. The van der Waals surface area contributed by atoms with E-state index in [1.807, 2.05) is 0 Å². The number of nitrogens with one attached hydrogen (secondary N) is 1. The molecule has 0 saturated carbocycles. The minimum Gasteiger partial charge on any atom is -0.497 e. The first kappa shape index (κ1) is 15.6. The van der Waals surface area contributed by atoms with Gasteiger partial charge in [0.05, 0.1) is 19.8 Å². The van der Waals surface area contributed by atoms with Gasteiger partial charge >= 0.3 is 0 Å². The normalized spacial score (nSPS) is 24.9. The van der Waals surface area contributed by atoms with Gasteiger partial charge < -0.3 is 24.4 Å². The van der Waals surface area contributed by atoms with Gasteiger partial charge in [0.2, 0.25) is 0 Å². The van der Waals surface area contributed by atoms with Crippen LogP contribution >= 0.6 is 0 Å². The van der Waals surface area contributed by atoms with Crippen molar-refractivity contribution >= 4 is 0 Å². The van der Waals surface area contributed by atoms with Gasteiger partial charge in [0.1, 0.15) is 17.6 Å². The summed E-state index contributed by atoms with van der Waals surface area (Å²) < 4.78 is 17.2. The molecule has 0 aromatic heterocycles. The number of morpholine rings is 1. The smallest absolute Gasteiger partial charge is 0.127 e. The predicted molar refractivity (Wildman–Crippen MR) is 85.7 cm³/mol. The van der Waals surface area contributed by atoms with Gasteiger partial charge in [-0.05, 0) is 26.1 Å². The van der Waals surface area contributed by atoms with E-state index in [2.05, 4.69) is 36.3 Å². The lowest BCUT2D eigenvalue weighted by Gasteiger charge is -2.30. The number of nitrogens with zero attached hydrogens (tertiary/aromatic N) is 1. The highest BCUT2D eigenvalue weighted by atomic mass is 16.5. The predicted octanol–water partition coefficient (Wildman–Crippen LogP) is 1.44. The molecule has 0 amide bonds. The Morgan fingerprint density at radius 2 is 2.27 bits per heavy atom. The summed E-state index contributed by atoms with van der Waals surface area (Å²) in [6, 6.07) is 4.15. The maximum atomic E-state index is 5.96. The molecule has 0 spiro atoms. The first-order valence-electron chi connectivity index (χ1n) is 8.03. The van der Waals surface area contributed by atoms with Gasteiger partial charge in [-0.25, -0.2) is 0 Å². The van der Waals surface area contributed by atoms with Crippen LogP contribution in [0.3, 0.4) is 0 Å². The molecule has 0 unspecified atom stereocenters. The van der Waals surface area contributed by atoms with Crippen molar-refractivity contribution in [1.82, 2.24) is 10.2 Å². The standard InChI is InChI=1S/C17H26N2O3/c1-12-6-13-7-15(20-3)8-14(17(13)22-12)9-18-10-16-11-19(2)4-5-21-16/h7-8,12,16,18H,4-6,9-11H2,1-3H3/t12-,16-/m1/s1. The zero-order valence-corrected chi connectivity index (χ0v) is 13.7. The van der Waals surface area contributed by atoms with E-state index in [1.165, 1.54) is 11.1 Å². The average Bonchev–Trinajstić information content (AvgIpc) is 2.87. The Balaban J connectivity index is 1.61. The van der Waals surface area contributed by atoms with Gasteiger partial charge in [0, 0.05) is 43.7 Å². The fourth-order valence-corrected chi connectivity index (χ4v) is 3.19. The van der Waals surface area contributed by atoms with Crippen molar-refractivity contribution in [1.29, 1.82) is 0 Å². The van der Waals surface area contributed by atoms with Gasteiger partial charge in [-0.15, -0.1) is 0 Å². The molecular weight excluding hydrogens is 280 g/mol. The minimum atomic E-state index is 0.246. The minimum absolute atomic E-state index is 0.246. The van der Waals surface area contributed by atoms with E-state index in [0.717, 1.165) is 50.7 Å². The summed E-state index contributed by atoms with van der Waals surface area (Å²) in [6.45, 7) is 6.55. The Hall–Kier alpha value is -1.30. The molecule has 2 atom stereocenters. The zero-order valence-electron chi connectivity index (χ0n) is 13.7. The second-order valence-corrected chi connectivity index (χ2v) is 6.29. The maximum absolute atomic E-state index is 5.96. The van der Waals surface area contributed by atoms with Crippen molar-refractivity contribution in [3.05, 3.63) is 23.3 Å². The molecule has 1 aromatic carbocycles. The molecule has 0 aliphatic carbocycles. The monoisotopic (exact) mass is 306 g/mol. The van der Waals surface area contributed by atoms with Crippen molar-refractivity contribution < 1.29 is 14.2 Å². The highest BCUT2D eigenvalue weighted by Gasteiger charge is 2.24. The molecule has 3 rings (SSSR count). The SMILES string of the molecule is COc1cc(CNC[C@@H]2CN(C)CCO2)c2c(c1)C[C@@H](C)O2. The first-order valence-corrected chi connectivity index (χ1v) is 8.03. The van der Waals surface area contributed by atoms with Crippen LogP contribution in [0.2, 0.25) is 0 Å². The molecule has 5 heteroatoms. The average molecular weight is 306 g/mol. The van der Waals surface area contributed by atoms with E-state index in [0.29, 0.717) is 0 Å². The Labute approximate surface area is 132 Å². The molecule has 2 aliphatic rings. The molecule has 22 heavy (non-hydrogen) atoms.